The molecule has 0 saturated heterocycles. The number of aryl methyl sites for hydroxylation is 1. The molecule has 6 heteroatoms. The van der Waals surface area contributed by atoms with E-state index in [1.54, 1.807) is 0 Å². The van der Waals surface area contributed by atoms with Gasteiger partial charge in [0.05, 0.1) is 10.2 Å². The Morgan fingerprint density at radius 3 is 2.66 bits per heavy atom. The predicted molar refractivity (Wildman–Crippen MR) is 130 cm³/mol. The Morgan fingerprint density at radius 2 is 1.88 bits per heavy atom. The summed E-state index contributed by atoms with van der Waals surface area (Å²) in [6.45, 7) is 6.96. The Labute approximate surface area is 192 Å². The first-order chi connectivity index (χ1) is 15.5. The van der Waals surface area contributed by atoms with E-state index in [0.29, 0.717) is 23.1 Å². The fraction of sp³-hybridized carbons (Fsp3) is 0.231. The standard InChI is InChI=1S/C26H26N2O3S/c1-4-30-16-31-22-12-13-23-24(15-22)32-26(27-23)28-25(29)21-7-5-6-20(14-21)18(3)19-10-8-17(2)9-11-19/h5-15,18H,4,16H2,1-3H3,(H,27,28,29). The van der Waals surface area contributed by atoms with E-state index in [1.165, 1.54) is 22.5 Å². The number of benzene rings is 3. The maximum atomic E-state index is 12.9. The Kier molecular flexibility index (Phi) is 6.83. The molecular formula is C26H26N2O3S. The summed E-state index contributed by atoms with van der Waals surface area (Å²) in [4.78, 5) is 17.4. The molecule has 0 aliphatic carbocycles. The molecule has 0 aliphatic rings. The number of carbonyl (C=O) groups is 1. The van der Waals surface area contributed by atoms with E-state index in [0.717, 1.165) is 15.8 Å². The van der Waals surface area contributed by atoms with Crippen molar-refractivity contribution in [2.75, 3.05) is 18.7 Å². The molecule has 3 aromatic carbocycles. The summed E-state index contributed by atoms with van der Waals surface area (Å²) >= 11 is 1.42. The van der Waals surface area contributed by atoms with E-state index >= 15 is 0 Å². The van der Waals surface area contributed by atoms with Crippen LogP contribution in [0.1, 0.15) is 46.8 Å². The molecule has 1 aromatic heterocycles. The van der Waals surface area contributed by atoms with Crippen molar-refractivity contribution in [2.24, 2.45) is 0 Å². The molecule has 1 heterocycles. The number of amides is 1. The predicted octanol–water partition coefficient (Wildman–Crippen LogP) is 6.38. The van der Waals surface area contributed by atoms with Crippen molar-refractivity contribution in [1.29, 1.82) is 0 Å². The highest BCUT2D eigenvalue weighted by Crippen LogP contribution is 2.30. The first-order valence-corrected chi connectivity index (χ1v) is 11.4. The van der Waals surface area contributed by atoms with Gasteiger partial charge in [-0.3, -0.25) is 10.1 Å². The van der Waals surface area contributed by atoms with Crippen molar-refractivity contribution in [3.05, 3.63) is 89.0 Å². The maximum absolute atomic E-state index is 12.9. The van der Waals surface area contributed by atoms with Gasteiger partial charge in [-0.2, -0.15) is 0 Å². The van der Waals surface area contributed by atoms with Crippen molar-refractivity contribution >= 4 is 32.6 Å². The zero-order valence-electron chi connectivity index (χ0n) is 18.4. The van der Waals surface area contributed by atoms with Crippen LogP contribution in [-0.4, -0.2) is 24.3 Å². The minimum absolute atomic E-state index is 0.171. The molecule has 0 aliphatic heterocycles. The Hall–Kier alpha value is -3.22. The minimum atomic E-state index is -0.171. The molecule has 32 heavy (non-hydrogen) atoms. The van der Waals surface area contributed by atoms with Crippen molar-refractivity contribution in [3.8, 4) is 5.75 Å². The van der Waals surface area contributed by atoms with E-state index in [9.17, 15) is 4.79 Å². The number of fused-ring (bicyclic) bond motifs is 1. The van der Waals surface area contributed by atoms with Gasteiger partial charge in [-0.1, -0.05) is 60.2 Å². The summed E-state index contributed by atoms with van der Waals surface area (Å²) in [6, 6.07) is 21.9. The summed E-state index contributed by atoms with van der Waals surface area (Å²) in [5.41, 5.74) is 4.98. The van der Waals surface area contributed by atoms with E-state index in [2.05, 4.69) is 54.5 Å². The zero-order valence-corrected chi connectivity index (χ0v) is 19.2. The lowest BCUT2D eigenvalue weighted by Gasteiger charge is -2.14. The zero-order chi connectivity index (χ0) is 22.5. The molecular weight excluding hydrogens is 420 g/mol. The summed E-state index contributed by atoms with van der Waals surface area (Å²) in [5.74, 6) is 0.737. The molecule has 1 atom stereocenters. The number of thiazole rings is 1. The molecule has 1 unspecified atom stereocenters. The highest BCUT2D eigenvalue weighted by molar-refractivity contribution is 7.22. The van der Waals surface area contributed by atoms with Crippen LogP contribution >= 0.6 is 11.3 Å². The van der Waals surface area contributed by atoms with Crippen LogP contribution in [0.3, 0.4) is 0 Å². The van der Waals surface area contributed by atoms with E-state index in [4.69, 9.17) is 9.47 Å². The number of carbonyl (C=O) groups excluding carboxylic acids is 1. The Balaban J connectivity index is 1.48. The molecule has 1 N–H and O–H groups in total. The van der Waals surface area contributed by atoms with Gasteiger partial charge in [-0.05, 0) is 55.3 Å². The first kappa shape index (κ1) is 22.0. The summed E-state index contributed by atoms with van der Waals surface area (Å²) in [6.07, 6.45) is 0. The number of hydrogen-bond acceptors (Lipinski definition) is 5. The molecule has 0 spiro atoms. The lowest BCUT2D eigenvalue weighted by molar-refractivity contribution is 0.0225. The fourth-order valence-corrected chi connectivity index (χ4v) is 4.30. The average Bonchev–Trinajstić information content (AvgIpc) is 3.21. The highest BCUT2D eigenvalue weighted by Gasteiger charge is 2.14. The molecule has 4 rings (SSSR count). The molecule has 0 bridgehead atoms. The van der Waals surface area contributed by atoms with Crippen molar-refractivity contribution in [2.45, 2.75) is 26.7 Å². The van der Waals surface area contributed by atoms with Gasteiger partial charge in [0, 0.05) is 18.1 Å². The number of hydrogen-bond donors (Lipinski definition) is 1. The van der Waals surface area contributed by atoms with Gasteiger partial charge in [0.25, 0.3) is 5.91 Å². The molecule has 0 fully saturated rings. The van der Waals surface area contributed by atoms with Crippen LogP contribution in [-0.2, 0) is 4.74 Å². The van der Waals surface area contributed by atoms with Crippen molar-refractivity contribution in [3.63, 3.8) is 0 Å². The van der Waals surface area contributed by atoms with E-state index < -0.39 is 0 Å². The first-order valence-electron chi connectivity index (χ1n) is 10.6. The van der Waals surface area contributed by atoms with Crippen LogP contribution in [0.4, 0.5) is 5.13 Å². The second-order valence-electron chi connectivity index (χ2n) is 7.62. The number of nitrogens with one attached hydrogen (secondary N) is 1. The van der Waals surface area contributed by atoms with Gasteiger partial charge < -0.3 is 9.47 Å². The maximum Gasteiger partial charge on any atom is 0.257 e. The minimum Gasteiger partial charge on any atom is -0.468 e. The van der Waals surface area contributed by atoms with Gasteiger partial charge in [-0.25, -0.2) is 4.98 Å². The average molecular weight is 447 g/mol. The van der Waals surface area contributed by atoms with Gasteiger partial charge in [0.2, 0.25) is 0 Å². The largest absolute Gasteiger partial charge is 0.468 e. The number of rotatable bonds is 8. The number of aromatic nitrogens is 1. The lowest BCUT2D eigenvalue weighted by atomic mass is 9.91. The smallest absolute Gasteiger partial charge is 0.257 e. The fourth-order valence-electron chi connectivity index (χ4n) is 3.41. The third kappa shape index (κ3) is 5.15. The monoisotopic (exact) mass is 446 g/mol. The van der Waals surface area contributed by atoms with Crippen LogP contribution in [0.2, 0.25) is 0 Å². The summed E-state index contributed by atoms with van der Waals surface area (Å²) in [5, 5.41) is 3.49. The van der Waals surface area contributed by atoms with Gasteiger partial charge in [0.15, 0.2) is 11.9 Å². The van der Waals surface area contributed by atoms with Crippen molar-refractivity contribution in [1.82, 2.24) is 4.98 Å². The van der Waals surface area contributed by atoms with Crippen molar-refractivity contribution < 1.29 is 14.3 Å². The van der Waals surface area contributed by atoms with Crippen LogP contribution < -0.4 is 10.1 Å². The summed E-state index contributed by atoms with van der Waals surface area (Å²) in [7, 11) is 0. The molecule has 4 aromatic rings. The molecule has 1 amide bonds. The van der Waals surface area contributed by atoms with Gasteiger partial charge in [-0.15, -0.1) is 0 Å². The second-order valence-corrected chi connectivity index (χ2v) is 8.65. The van der Waals surface area contributed by atoms with Gasteiger partial charge in [0.1, 0.15) is 5.75 Å². The van der Waals surface area contributed by atoms with Gasteiger partial charge >= 0.3 is 0 Å². The second kappa shape index (κ2) is 9.94. The number of nitrogens with zero attached hydrogens (tertiary/aromatic N) is 1. The molecule has 164 valence electrons. The van der Waals surface area contributed by atoms with E-state index in [-0.39, 0.29) is 18.6 Å². The number of anilines is 1. The lowest BCUT2D eigenvalue weighted by Crippen LogP contribution is -2.12. The SMILES string of the molecule is CCOCOc1ccc2nc(NC(=O)c3cccc(C(C)c4ccc(C)cc4)c3)sc2c1. The molecule has 0 radical (unpaired) electrons. The Bertz CT molecular complexity index is 1220. The normalized spacial score (nSPS) is 12.0. The number of ether oxygens (including phenoxy) is 2. The quantitative estimate of drug-likeness (QED) is 0.252. The van der Waals surface area contributed by atoms with Crippen LogP contribution in [0, 0.1) is 6.92 Å². The third-order valence-electron chi connectivity index (χ3n) is 5.32. The summed E-state index contributed by atoms with van der Waals surface area (Å²) < 4.78 is 11.7. The molecule has 5 nitrogen and oxygen atoms in total. The van der Waals surface area contributed by atoms with Crippen LogP contribution in [0.25, 0.3) is 10.2 Å². The van der Waals surface area contributed by atoms with Crippen LogP contribution in [0.5, 0.6) is 5.75 Å². The van der Waals surface area contributed by atoms with E-state index in [1.807, 2.05) is 43.3 Å². The highest BCUT2D eigenvalue weighted by atomic mass is 32.1. The molecule has 0 saturated carbocycles. The van der Waals surface area contributed by atoms with Crippen LogP contribution in [0.15, 0.2) is 66.7 Å². The Morgan fingerprint density at radius 1 is 1.06 bits per heavy atom. The third-order valence-corrected chi connectivity index (χ3v) is 6.25. The topological polar surface area (TPSA) is 60.5 Å².